The summed E-state index contributed by atoms with van der Waals surface area (Å²) >= 11 is 0. The van der Waals surface area contributed by atoms with E-state index < -0.39 is 30.5 Å². The molecule has 1 aromatic rings. The van der Waals surface area contributed by atoms with Gasteiger partial charge in [-0.25, -0.2) is 13.6 Å². The van der Waals surface area contributed by atoms with Gasteiger partial charge in [-0.15, -0.1) is 0 Å². The number of aliphatic hydroxyl groups is 1. The number of halogens is 2. The summed E-state index contributed by atoms with van der Waals surface area (Å²) in [5.74, 6) is -3.63. The Morgan fingerprint density at radius 2 is 2.05 bits per heavy atom. The Morgan fingerprint density at radius 1 is 1.42 bits per heavy atom. The number of carbonyl (C=O) groups is 1. The second-order valence-corrected chi connectivity index (χ2v) is 4.97. The first-order valence-corrected chi connectivity index (χ1v) is 6.20. The van der Waals surface area contributed by atoms with Crippen molar-refractivity contribution in [3.05, 3.63) is 35.4 Å². The predicted octanol–water partition coefficient (Wildman–Crippen LogP) is 2.76. The Kier molecular flexibility index (Phi) is 3.85. The lowest BCUT2D eigenvalue weighted by atomic mass is 10.1. The maximum absolute atomic E-state index is 13.0. The standard InChI is InChI=1S/C14H16F2O3/c1-9-2-4-10(5-3-9)12(17)13(18)19-11-6-7-14(15,16)8-11/h2-5,11-12,17H,6-8H2,1H3/t11-,12-/m1/s1. The Labute approximate surface area is 110 Å². The molecule has 1 fully saturated rings. The van der Waals surface area contributed by atoms with Crippen LogP contribution in [0.2, 0.25) is 0 Å². The minimum atomic E-state index is -2.76. The molecule has 2 atom stereocenters. The molecule has 3 nitrogen and oxygen atoms in total. The van der Waals surface area contributed by atoms with Crippen LogP contribution >= 0.6 is 0 Å². The van der Waals surface area contributed by atoms with Crippen molar-refractivity contribution in [1.82, 2.24) is 0 Å². The van der Waals surface area contributed by atoms with E-state index >= 15 is 0 Å². The Bertz CT molecular complexity index is 456. The highest BCUT2D eigenvalue weighted by atomic mass is 19.3. The van der Waals surface area contributed by atoms with Crippen molar-refractivity contribution in [1.29, 1.82) is 0 Å². The van der Waals surface area contributed by atoms with Crippen LogP contribution < -0.4 is 0 Å². The molecule has 1 aromatic carbocycles. The molecule has 0 saturated heterocycles. The summed E-state index contributed by atoms with van der Waals surface area (Å²) in [6.45, 7) is 1.88. The van der Waals surface area contributed by atoms with Gasteiger partial charge in [0.1, 0.15) is 6.10 Å². The summed E-state index contributed by atoms with van der Waals surface area (Å²) in [4.78, 5) is 11.7. The molecule has 0 bridgehead atoms. The molecule has 1 aliphatic carbocycles. The smallest absolute Gasteiger partial charge is 0.339 e. The van der Waals surface area contributed by atoms with Crippen LogP contribution in [0, 0.1) is 6.92 Å². The van der Waals surface area contributed by atoms with E-state index in [9.17, 15) is 18.7 Å². The number of esters is 1. The van der Waals surface area contributed by atoms with Crippen LogP contribution in [0.15, 0.2) is 24.3 Å². The van der Waals surface area contributed by atoms with Crippen LogP contribution in [-0.4, -0.2) is 23.1 Å². The van der Waals surface area contributed by atoms with Crippen molar-refractivity contribution in [2.75, 3.05) is 0 Å². The molecule has 0 spiro atoms. The van der Waals surface area contributed by atoms with Gasteiger partial charge in [0.15, 0.2) is 6.10 Å². The summed E-state index contributed by atoms with van der Waals surface area (Å²) in [5, 5.41) is 9.81. The van der Waals surface area contributed by atoms with Crippen LogP contribution in [0.1, 0.15) is 36.5 Å². The molecular weight excluding hydrogens is 254 g/mol. The Hall–Kier alpha value is -1.49. The lowest BCUT2D eigenvalue weighted by Crippen LogP contribution is -2.22. The first-order chi connectivity index (χ1) is 8.87. The zero-order valence-electron chi connectivity index (χ0n) is 10.6. The van der Waals surface area contributed by atoms with Crippen molar-refractivity contribution < 1.29 is 23.4 Å². The lowest BCUT2D eigenvalue weighted by molar-refractivity contribution is -0.160. The first kappa shape index (κ1) is 13.9. The second kappa shape index (κ2) is 5.25. The minimum Gasteiger partial charge on any atom is -0.460 e. The summed E-state index contributed by atoms with van der Waals surface area (Å²) in [7, 11) is 0. The van der Waals surface area contributed by atoms with Crippen molar-refractivity contribution in [3.63, 3.8) is 0 Å². The fourth-order valence-electron chi connectivity index (χ4n) is 2.12. The van der Waals surface area contributed by atoms with E-state index in [-0.39, 0.29) is 12.8 Å². The molecule has 104 valence electrons. The fraction of sp³-hybridized carbons (Fsp3) is 0.500. The van der Waals surface area contributed by atoms with Crippen molar-refractivity contribution in [2.45, 2.75) is 44.3 Å². The van der Waals surface area contributed by atoms with Gasteiger partial charge in [-0.3, -0.25) is 0 Å². The third kappa shape index (κ3) is 3.50. The number of alkyl halides is 2. The van der Waals surface area contributed by atoms with E-state index in [2.05, 4.69) is 0 Å². The van der Waals surface area contributed by atoms with E-state index in [4.69, 9.17) is 4.74 Å². The normalized spacial score (nSPS) is 23.1. The van der Waals surface area contributed by atoms with Gasteiger partial charge >= 0.3 is 5.97 Å². The quantitative estimate of drug-likeness (QED) is 0.859. The molecule has 2 rings (SSSR count). The summed E-state index contributed by atoms with van der Waals surface area (Å²) in [5.41, 5.74) is 1.40. The maximum Gasteiger partial charge on any atom is 0.339 e. The number of aryl methyl sites for hydroxylation is 1. The van der Waals surface area contributed by atoms with E-state index in [1.807, 2.05) is 6.92 Å². The minimum absolute atomic E-state index is 0.138. The average molecular weight is 270 g/mol. The number of carbonyl (C=O) groups excluding carboxylic acids is 1. The number of aliphatic hydroxyl groups excluding tert-OH is 1. The zero-order valence-corrected chi connectivity index (χ0v) is 10.6. The third-order valence-electron chi connectivity index (χ3n) is 3.26. The largest absolute Gasteiger partial charge is 0.460 e. The third-order valence-corrected chi connectivity index (χ3v) is 3.26. The molecule has 1 saturated carbocycles. The molecule has 19 heavy (non-hydrogen) atoms. The molecule has 1 aliphatic rings. The highest BCUT2D eigenvalue weighted by molar-refractivity contribution is 5.76. The van der Waals surface area contributed by atoms with Crippen LogP contribution in [0.3, 0.4) is 0 Å². The van der Waals surface area contributed by atoms with Crippen molar-refractivity contribution in [3.8, 4) is 0 Å². The summed E-state index contributed by atoms with van der Waals surface area (Å²) in [6.07, 6.45) is -2.82. The molecular formula is C14H16F2O3. The number of hydrogen-bond acceptors (Lipinski definition) is 3. The summed E-state index contributed by atoms with van der Waals surface area (Å²) < 4.78 is 30.8. The van der Waals surface area contributed by atoms with E-state index in [0.29, 0.717) is 5.56 Å². The molecule has 0 unspecified atom stereocenters. The molecule has 1 N–H and O–H groups in total. The van der Waals surface area contributed by atoms with Gasteiger partial charge in [-0.05, 0) is 18.9 Å². The van der Waals surface area contributed by atoms with Gasteiger partial charge in [-0.1, -0.05) is 29.8 Å². The molecule has 0 radical (unpaired) electrons. The summed E-state index contributed by atoms with van der Waals surface area (Å²) in [6, 6.07) is 6.75. The van der Waals surface area contributed by atoms with Gasteiger partial charge in [0.25, 0.3) is 5.92 Å². The van der Waals surface area contributed by atoms with Crippen molar-refractivity contribution in [2.24, 2.45) is 0 Å². The van der Waals surface area contributed by atoms with Crippen LogP contribution in [0.25, 0.3) is 0 Å². The molecule has 0 aliphatic heterocycles. The first-order valence-electron chi connectivity index (χ1n) is 6.20. The van der Waals surface area contributed by atoms with Gasteiger partial charge in [0, 0.05) is 12.8 Å². The molecule has 0 aromatic heterocycles. The predicted molar refractivity (Wildman–Crippen MR) is 64.8 cm³/mol. The number of hydrogen-bond donors (Lipinski definition) is 1. The van der Waals surface area contributed by atoms with Gasteiger partial charge in [0.2, 0.25) is 0 Å². The number of ether oxygens (including phenoxy) is 1. The van der Waals surface area contributed by atoms with E-state index in [0.717, 1.165) is 5.56 Å². The van der Waals surface area contributed by atoms with E-state index in [1.165, 1.54) is 0 Å². The zero-order chi connectivity index (χ0) is 14.0. The highest BCUT2D eigenvalue weighted by Gasteiger charge is 2.41. The van der Waals surface area contributed by atoms with Gasteiger partial charge < -0.3 is 9.84 Å². The fourth-order valence-corrected chi connectivity index (χ4v) is 2.12. The monoisotopic (exact) mass is 270 g/mol. The maximum atomic E-state index is 13.0. The van der Waals surface area contributed by atoms with Gasteiger partial charge in [-0.2, -0.15) is 0 Å². The van der Waals surface area contributed by atoms with Crippen LogP contribution in [-0.2, 0) is 9.53 Å². The van der Waals surface area contributed by atoms with Crippen molar-refractivity contribution >= 4 is 5.97 Å². The van der Waals surface area contributed by atoms with Crippen LogP contribution in [0.4, 0.5) is 8.78 Å². The van der Waals surface area contributed by atoms with E-state index in [1.54, 1.807) is 24.3 Å². The SMILES string of the molecule is Cc1ccc([C@@H](O)C(=O)O[C@@H]2CCC(F)(F)C2)cc1. The molecule has 0 heterocycles. The Morgan fingerprint density at radius 3 is 2.58 bits per heavy atom. The second-order valence-electron chi connectivity index (χ2n) is 4.97. The lowest BCUT2D eigenvalue weighted by Gasteiger charge is -2.16. The average Bonchev–Trinajstić information content (AvgIpc) is 2.68. The topological polar surface area (TPSA) is 46.5 Å². The van der Waals surface area contributed by atoms with Crippen LogP contribution in [0.5, 0.6) is 0 Å². The Balaban J connectivity index is 1.95. The number of benzene rings is 1. The van der Waals surface area contributed by atoms with Gasteiger partial charge in [0.05, 0.1) is 0 Å². The number of rotatable bonds is 3. The molecule has 5 heteroatoms. The molecule has 0 amide bonds. The highest BCUT2D eigenvalue weighted by Crippen LogP contribution is 2.36.